The van der Waals surface area contributed by atoms with E-state index < -0.39 is 0 Å². The maximum atomic E-state index is 11.7. The van der Waals surface area contributed by atoms with Crippen molar-refractivity contribution < 1.29 is 4.79 Å². The molecule has 0 spiro atoms. The van der Waals surface area contributed by atoms with Gasteiger partial charge in [0.15, 0.2) is 0 Å². The number of ketones is 1. The van der Waals surface area contributed by atoms with Gasteiger partial charge in [-0.2, -0.15) is 0 Å². The molecule has 0 radical (unpaired) electrons. The van der Waals surface area contributed by atoms with Crippen LogP contribution in [-0.2, 0) is 4.79 Å². The summed E-state index contributed by atoms with van der Waals surface area (Å²) in [5, 5.41) is 0. The van der Waals surface area contributed by atoms with Crippen molar-refractivity contribution in [3.63, 3.8) is 0 Å². The molecule has 1 nitrogen and oxygen atoms in total. The number of thiophene rings is 1. The molecule has 0 aromatic carbocycles. The highest BCUT2D eigenvalue weighted by Gasteiger charge is 2.23. The van der Waals surface area contributed by atoms with Crippen molar-refractivity contribution >= 4 is 28.7 Å². The molecule has 1 rings (SSSR count). The van der Waals surface area contributed by atoms with Gasteiger partial charge < -0.3 is 0 Å². The Balaban J connectivity index is 2.94. The van der Waals surface area contributed by atoms with E-state index in [1.807, 2.05) is 19.1 Å². The van der Waals surface area contributed by atoms with Crippen molar-refractivity contribution in [1.29, 1.82) is 0 Å². The third kappa shape index (κ3) is 2.58. The third-order valence-corrected chi connectivity index (χ3v) is 3.58. The summed E-state index contributed by atoms with van der Waals surface area (Å²) in [7, 11) is 0. The number of Topliss-reactive ketones (excluding diaryl/α,β-unsaturated/α-hetero) is 1. The standard InChI is InChI=1S/C11H15ClOS/c1-4-8(13)11(7(2)3)9-5-6-10(12)14-9/h5-7,11H,4H2,1-3H3. The molecule has 1 atom stereocenters. The zero-order chi connectivity index (χ0) is 10.7. The molecule has 1 unspecified atom stereocenters. The summed E-state index contributed by atoms with van der Waals surface area (Å²) in [6.45, 7) is 6.06. The Hall–Kier alpha value is -0.340. The average Bonchev–Trinajstić information content (AvgIpc) is 2.51. The molecule has 1 aromatic rings. The van der Waals surface area contributed by atoms with Crippen LogP contribution < -0.4 is 0 Å². The van der Waals surface area contributed by atoms with Crippen LogP contribution >= 0.6 is 22.9 Å². The molecule has 0 aliphatic rings. The first-order valence-electron chi connectivity index (χ1n) is 4.84. The largest absolute Gasteiger partial charge is 0.299 e. The van der Waals surface area contributed by atoms with Crippen LogP contribution in [0.25, 0.3) is 0 Å². The smallest absolute Gasteiger partial charge is 0.141 e. The third-order valence-electron chi connectivity index (χ3n) is 2.26. The van der Waals surface area contributed by atoms with Gasteiger partial charge in [0.25, 0.3) is 0 Å². The second-order valence-corrected chi connectivity index (χ2v) is 5.43. The molecule has 0 aliphatic heterocycles. The minimum absolute atomic E-state index is 0.0255. The lowest BCUT2D eigenvalue weighted by molar-refractivity contribution is -0.121. The van der Waals surface area contributed by atoms with E-state index in [9.17, 15) is 4.79 Å². The van der Waals surface area contributed by atoms with Gasteiger partial charge in [0.1, 0.15) is 5.78 Å². The Morgan fingerprint density at radius 1 is 1.50 bits per heavy atom. The van der Waals surface area contributed by atoms with Crippen molar-refractivity contribution in [3.8, 4) is 0 Å². The van der Waals surface area contributed by atoms with Gasteiger partial charge in [0.05, 0.1) is 10.3 Å². The Kier molecular flexibility index (Phi) is 4.14. The molecule has 0 saturated heterocycles. The van der Waals surface area contributed by atoms with Gasteiger partial charge in [-0.1, -0.05) is 32.4 Å². The van der Waals surface area contributed by atoms with Crippen LogP contribution in [0, 0.1) is 5.92 Å². The molecule has 14 heavy (non-hydrogen) atoms. The van der Waals surface area contributed by atoms with Gasteiger partial charge in [0.2, 0.25) is 0 Å². The summed E-state index contributed by atoms with van der Waals surface area (Å²) in [5.74, 6) is 0.674. The van der Waals surface area contributed by atoms with Crippen LogP contribution in [-0.4, -0.2) is 5.78 Å². The van der Waals surface area contributed by atoms with Crippen molar-refractivity contribution in [2.45, 2.75) is 33.1 Å². The van der Waals surface area contributed by atoms with E-state index in [0.717, 1.165) is 9.21 Å². The number of carbonyl (C=O) groups excluding carboxylic acids is 1. The molecule has 0 saturated carbocycles. The molecular formula is C11H15ClOS. The molecular weight excluding hydrogens is 216 g/mol. The Morgan fingerprint density at radius 2 is 2.14 bits per heavy atom. The van der Waals surface area contributed by atoms with Gasteiger partial charge in [-0.15, -0.1) is 11.3 Å². The Morgan fingerprint density at radius 3 is 2.50 bits per heavy atom. The van der Waals surface area contributed by atoms with Gasteiger partial charge in [-0.3, -0.25) is 4.79 Å². The molecule has 0 aliphatic carbocycles. The number of hydrogen-bond acceptors (Lipinski definition) is 2. The number of halogens is 1. The fourth-order valence-corrected chi connectivity index (χ4v) is 2.93. The van der Waals surface area contributed by atoms with E-state index >= 15 is 0 Å². The van der Waals surface area contributed by atoms with Crippen LogP contribution in [0.2, 0.25) is 4.34 Å². The van der Waals surface area contributed by atoms with Crippen LogP contribution in [0.5, 0.6) is 0 Å². The van der Waals surface area contributed by atoms with Gasteiger partial charge >= 0.3 is 0 Å². The summed E-state index contributed by atoms with van der Waals surface area (Å²) in [6.07, 6.45) is 0.596. The monoisotopic (exact) mass is 230 g/mol. The molecule has 1 heterocycles. The van der Waals surface area contributed by atoms with E-state index in [2.05, 4.69) is 13.8 Å². The van der Waals surface area contributed by atoms with Crippen LogP contribution in [0.1, 0.15) is 38.0 Å². The second-order valence-electron chi connectivity index (χ2n) is 3.68. The summed E-state index contributed by atoms with van der Waals surface area (Å²) in [5.41, 5.74) is 0. The molecule has 1 aromatic heterocycles. The molecule has 0 fully saturated rings. The molecule has 0 N–H and O–H groups in total. The van der Waals surface area contributed by atoms with Gasteiger partial charge in [-0.25, -0.2) is 0 Å². The fraction of sp³-hybridized carbons (Fsp3) is 0.545. The molecule has 3 heteroatoms. The maximum Gasteiger partial charge on any atom is 0.141 e. The molecule has 78 valence electrons. The number of carbonyl (C=O) groups is 1. The van der Waals surface area contributed by atoms with Gasteiger partial charge in [-0.05, 0) is 18.1 Å². The van der Waals surface area contributed by atoms with E-state index in [1.54, 1.807) is 0 Å². The minimum atomic E-state index is 0.0255. The quantitative estimate of drug-likeness (QED) is 0.761. The molecule has 0 bridgehead atoms. The van der Waals surface area contributed by atoms with Crippen molar-refractivity contribution in [2.75, 3.05) is 0 Å². The highest BCUT2D eigenvalue weighted by atomic mass is 35.5. The lowest BCUT2D eigenvalue weighted by Gasteiger charge is -2.17. The maximum absolute atomic E-state index is 11.7. The lowest BCUT2D eigenvalue weighted by atomic mass is 9.89. The SMILES string of the molecule is CCC(=O)C(c1ccc(Cl)s1)C(C)C. The second kappa shape index (κ2) is 4.94. The van der Waals surface area contributed by atoms with Crippen molar-refractivity contribution in [1.82, 2.24) is 0 Å². The lowest BCUT2D eigenvalue weighted by Crippen LogP contribution is -2.16. The predicted octanol–water partition coefficient (Wildman–Crippen LogP) is 4.12. The summed E-state index contributed by atoms with van der Waals surface area (Å²) in [4.78, 5) is 12.8. The average molecular weight is 231 g/mol. The van der Waals surface area contributed by atoms with E-state index in [0.29, 0.717) is 18.1 Å². The van der Waals surface area contributed by atoms with Crippen molar-refractivity contribution in [3.05, 3.63) is 21.3 Å². The predicted molar refractivity (Wildman–Crippen MR) is 62.2 cm³/mol. The van der Waals surface area contributed by atoms with E-state index in [-0.39, 0.29) is 5.92 Å². The zero-order valence-corrected chi connectivity index (χ0v) is 10.3. The summed E-state index contributed by atoms with van der Waals surface area (Å²) < 4.78 is 0.759. The molecule has 0 amide bonds. The first-order chi connectivity index (χ1) is 6.56. The summed E-state index contributed by atoms with van der Waals surface area (Å²) in [6, 6.07) is 3.82. The highest BCUT2D eigenvalue weighted by molar-refractivity contribution is 7.16. The number of hydrogen-bond donors (Lipinski definition) is 0. The minimum Gasteiger partial charge on any atom is -0.299 e. The Labute approximate surface area is 94.1 Å². The van der Waals surface area contributed by atoms with Crippen LogP contribution in [0.15, 0.2) is 12.1 Å². The van der Waals surface area contributed by atoms with E-state index in [4.69, 9.17) is 11.6 Å². The first kappa shape index (κ1) is 11.7. The summed E-state index contributed by atoms with van der Waals surface area (Å²) >= 11 is 7.38. The van der Waals surface area contributed by atoms with Crippen LogP contribution in [0.4, 0.5) is 0 Å². The fourth-order valence-electron chi connectivity index (χ4n) is 1.57. The van der Waals surface area contributed by atoms with Crippen molar-refractivity contribution in [2.24, 2.45) is 5.92 Å². The normalized spacial score (nSPS) is 13.2. The van der Waals surface area contributed by atoms with Gasteiger partial charge in [0, 0.05) is 11.3 Å². The topological polar surface area (TPSA) is 17.1 Å². The first-order valence-corrected chi connectivity index (χ1v) is 6.03. The highest BCUT2D eigenvalue weighted by Crippen LogP contribution is 2.33. The van der Waals surface area contributed by atoms with E-state index in [1.165, 1.54) is 11.3 Å². The van der Waals surface area contributed by atoms with Crippen LogP contribution in [0.3, 0.4) is 0 Å². The Bertz CT molecular complexity index is 317. The zero-order valence-electron chi connectivity index (χ0n) is 8.71. The number of rotatable bonds is 4.